The predicted octanol–water partition coefficient (Wildman–Crippen LogP) is 4.13. The number of amides is 1. The summed E-state index contributed by atoms with van der Waals surface area (Å²) in [6, 6.07) is 12.1. The molecule has 37 heavy (non-hydrogen) atoms. The number of benzene rings is 2. The fourth-order valence-electron chi connectivity index (χ4n) is 4.95. The van der Waals surface area contributed by atoms with Gasteiger partial charge < -0.3 is 19.7 Å². The Hall–Kier alpha value is -3.55. The van der Waals surface area contributed by atoms with Crippen LogP contribution in [0.5, 0.6) is 11.5 Å². The van der Waals surface area contributed by atoms with E-state index in [1.165, 1.54) is 16.4 Å². The molecule has 0 radical (unpaired) electrons. The molecule has 2 saturated heterocycles. The van der Waals surface area contributed by atoms with Gasteiger partial charge >= 0.3 is 0 Å². The molecule has 0 atom stereocenters. The molecule has 0 bridgehead atoms. The van der Waals surface area contributed by atoms with Crippen LogP contribution >= 0.6 is 0 Å². The van der Waals surface area contributed by atoms with Crippen LogP contribution in [0.25, 0.3) is 6.08 Å². The van der Waals surface area contributed by atoms with E-state index in [1.54, 1.807) is 30.3 Å². The topological polar surface area (TPSA) is 112 Å². The summed E-state index contributed by atoms with van der Waals surface area (Å²) >= 11 is 0. The van der Waals surface area contributed by atoms with Gasteiger partial charge in [0.05, 0.1) is 16.3 Å². The van der Waals surface area contributed by atoms with Gasteiger partial charge in [0.25, 0.3) is 5.91 Å². The van der Waals surface area contributed by atoms with Crippen molar-refractivity contribution < 1.29 is 22.7 Å². The van der Waals surface area contributed by atoms with Crippen molar-refractivity contribution in [3.63, 3.8) is 0 Å². The second-order valence-electron chi connectivity index (χ2n) is 9.43. The largest absolute Gasteiger partial charge is 0.454 e. The van der Waals surface area contributed by atoms with Gasteiger partial charge in [-0.1, -0.05) is 12.5 Å². The molecule has 2 fully saturated rings. The third kappa shape index (κ3) is 5.43. The molecule has 1 amide bonds. The molecule has 0 aliphatic carbocycles. The molecular formula is C27H30N4O5S. The Kier molecular flexibility index (Phi) is 7.35. The molecule has 3 heterocycles. The second kappa shape index (κ2) is 10.8. The van der Waals surface area contributed by atoms with Crippen molar-refractivity contribution in [3.8, 4) is 17.6 Å². The lowest BCUT2D eigenvalue weighted by Gasteiger charge is -2.31. The lowest BCUT2D eigenvalue weighted by Crippen LogP contribution is -2.36. The Morgan fingerprint density at radius 3 is 2.35 bits per heavy atom. The zero-order valence-electron chi connectivity index (χ0n) is 20.6. The van der Waals surface area contributed by atoms with Crippen molar-refractivity contribution in [2.45, 2.75) is 43.4 Å². The highest BCUT2D eigenvalue weighted by molar-refractivity contribution is 7.89. The van der Waals surface area contributed by atoms with Crippen LogP contribution in [-0.4, -0.2) is 51.6 Å². The van der Waals surface area contributed by atoms with Gasteiger partial charge in [0, 0.05) is 26.2 Å². The maximum Gasteiger partial charge on any atom is 0.266 e. The van der Waals surface area contributed by atoms with Gasteiger partial charge in [0.1, 0.15) is 11.6 Å². The van der Waals surface area contributed by atoms with Crippen molar-refractivity contribution >= 4 is 33.4 Å². The van der Waals surface area contributed by atoms with Crippen LogP contribution in [0.15, 0.2) is 46.9 Å². The molecular weight excluding hydrogens is 492 g/mol. The molecule has 194 valence electrons. The maximum atomic E-state index is 13.4. The molecule has 2 aromatic rings. The van der Waals surface area contributed by atoms with Crippen molar-refractivity contribution in [3.05, 3.63) is 47.5 Å². The highest BCUT2D eigenvalue weighted by atomic mass is 32.2. The Labute approximate surface area is 217 Å². The summed E-state index contributed by atoms with van der Waals surface area (Å²) in [6.45, 7) is 2.76. The number of ether oxygens (including phenoxy) is 2. The van der Waals surface area contributed by atoms with E-state index in [-0.39, 0.29) is 17.3 Å². The lowest BCUT2D eigenvalue weighted by molar-refractivity contribution is -0.112. The van der Waals surface area contributed by atoms with Crippen LogP contribution in [0.4, 0.5) is 11.4 Å². The number of carbonyl (C=O) groups excluding carboxylic acids is 1. The number of anilines is 2. The standard InChI is InChI=1S/C27H30N4O5S/c28-18-21(15-20-7-10-25-26(16-20)36-19-35-25)27(32)29-23-17-22(37(33,34)31-13-5-2-6-14-31)8-9-24(23)30-11-3-1-4-12-30/h7-10,15-17H,1-6,11-14,19H2,(H,29,32)/b21-15-. The van der Waals surface area contributed by atoms with Gasteiger partial charge in [-0.3, -0.25) is 4.79 Å². The van der Waals surface area contributed by atoms with Crippen molar-refractivity contribution in [1.82, 2.24) is 4.31 Å². The van der Waals surface area contributed by atoms with E-state index in [4.69, 9.17) is 9.47 Å². The highest BCUT2D eigenvalue weighted by Gasteiger charge is 2.28. The highest BCUT2D eigenvalue weighted by Crippen LogP contribution is 2.34. The predicted molar refractivity (Wildman–Crippen MR) is 140 cm³/mol. The summed E-state index contributed by atoms with van der Waals surface area (Å²) < 4.78 is 38.9. The first-order valence-corrected chi connectivity index (χ1v) is 14.1. The molecule has 0 unspecified atom stereocenters. The van der Waals surface area contributed by atoms with Gasteiger partial charge in [0.15, 0.2) is 11.5 Å². The van der Waals surface area contributed by atoms with E-state index in [1.807, 2.05) is 6.07 Å². The first-order chi connectivity index (χ1) is 18.0. The van der Waals surface area contributed by atoms with Gasteiger partial charge in [-0.2, -0.15) is 9.57 Å². The van der Waals surface area contributed by atoms with E-state index in [0.717, 1.165) is 57.3 Å². The number of hydrogen-bond acceptors (Lipinski definition) is 7. The van der Waals surface area contributed by atoms with Crippen LogP contribution < -0.4 is 19.7 Å². The molecule has 2 aromatic carbocycles. The van der Waals surface area contributed by atoms with Gasteiger partial charge in [-0.05, 0) is 74.1 Å². The molecule has 3 aliphatic rings. The van der Waals surface area contributed by atoms with Crippen LogP contribution in [0.1, 0.15) is 44.1 Å². The lowest BCUT2D eigenvalue weighted by atomic mass is 10.1. The minimum absolute atomic E-state index is 0.104. The number of piperidine rings is 2. The quantitative estimate of drug-likeness (QED) is 0.449. The zero-order chi connectivity index (χ0) is 25.8. The SMILES string of the molecule is N#C/C(=C/c1ccc2c(c1)OCO2)C(=O)Nc1cc(S(=O)(=O)N2CCCCC2)ccc1N1CCCCC1. The Balaban J connectivity index is 1.46. The Morgan fingerprint density at radius 2 is 1.62 bits per heavy atom. The first-order valence-electron chi connectivity index (χ1n) is 12.7. The molecule has 0 saturated carbocycles. The molecule has 3 aliphatic heterocycles. The minimum atomic E-state index is -3.69. The number of carbonyl (C=O) groups is 1. The van der Waals surface area contributed by atoms with Crippen molar-refractivity contribution in [2.24, 2.45) is 0 Å². The summed E-state index contributed by atoms with van der Waals surface area (Å²) in [5, 5.41) is 12.6. The number of sulfonamides is 1. The number of rotatable bonds is 6. The number of fused-ring (bicyclic) bond motifs is 1. The number of nitrogens with one attached hydrogen (secondary N) is 1. The number of nitrogens with zero attached hydrogens (tertiary/aromatic N) is 3. The minimum Gasteiger partial charge on any atom is -0.454 e. The normalized spacial score (nSPS) is 18.4. The van der Waals surface area contributed by atoms with Gasteiger partial charge in [0.2, 0.25) is 16.8 Å². The summed E-state index contributed by atoms with van der Waals surface area (Å²) in [5.41, 5.74) is 1.66. The van der Waals surface area contributed by atoms with E-state index in [0.29, 0.717) is 35.8 Å². The van der Waals surface area contributed by atoms with E-state index in [9.17, 15) is 18.5 Å². The maximum absolute atomic E-state index is 13.4. The van der Waals surface area contributed by atoms with Gasteiger partial charge in [-0.15, -0.1) is 0 Å². The first kappa shape index (κ1) is 25.1. The van der Waals surface area contributed by atoms with Crippen molar-refractivity contribution in [2.75, 3.05) is 43.2 Å². The Bertz CT molecular complexity index is 1350. The number of nitriles is 1. The van der Waals surface area contributed by atoms with Crippen LogP contribution in [0, 0.1) is 11.3 Å². The number of hydrogen-bond donors (Lipinski definition) is 1. The zero-order valence-corrected chi connectivity index (χ0v) is 21.4. The summed E-state index contributed by atoms with van der Waals surface area (Å²) in [5.74, 6) is 0.554. The Morgan fingerprint density at radius 1 is 0.919 bits per heavy atom. The third-order valence-electron chi connectivity index (χ3n) is 6.94. The van der Waals surface area contributed by atoms with Crippen LogP contribution in [-0.2, 0) is 14.8 Å². The van der Waals surface area contributed by atoms with Crippen LogP contribution in [0.3, 0.4) is 0 Å². The van der Waals surface area contributed by atoms with Gasteiger partial charge in [-0.25, -0.2) is 8.42 Å². The fraction of sp³-hybridized carbons (Fsp3) is 0.407. The summed E-state index contributed by atoms with van der Waals surface area (Å²) in [7, 11) is -3.69. The van der Waals surface area contributed by atoms with E-state index < -0.39 is 15.9 Å². The smallest absolute Gasteiger partial charge is 0.266 e. The summed E-state index contributed by atoms with van der Waals surface area (Å²) in [6.07, 6.45) is 7.36. The van der Waals surface area contributed by atoms with Crippen molar-refractivity contribution in [1.29, 1.82) is 5.26 Å². The second-order valence-corrected chi connectivity index (χ2v) is 11.4. The monoisotopic (exact) mass is 522 g/mol. The molecule has 0 spiro atoms. The molecule has 9 nitrogen and oxygen atoms in total. The van der Waals surface area contributed by atoms with E-state index >= 15 is 0 Å². The average molecular weight is 523 g/mol. The third-order valence-corrected chi connectivity index (χ3v) is 8.83. The average Bonchev–Trinajstić information content (AvgIpc) is 3.40. The molecule has 5 rings (SSSR count). The van der Waals surface area contributed by atoms with E-state index in [2.05, 4.69) is 10.2 Å². The molecule has 1 N–H and O–H groups in total. The fourth-order valence-corrected chi connectivity index (χ4v) is 6.49. The molecule has 0 aromatic heterocycles. The molecule has 10 heteroatoms. The summed E-state index contributed by atoms with van der Waals surface area (Å²) in [4.78, 5) is 15.5. The van der Waals surface area contributed by atoms with Crippen LogP contribution in [0.2, 0.25) is 0 Å².